The van der Waals surface area contributed by atoms with Gasteiger partial charge in [-0.15, -0.1) is 11.3 Å². The molecule has 1 aromatic carbocycles. The van der Waals surface area contributed by atoms with E-state index in [4.69, 9.17) is 34.3 Å². The molecule has 2 amide bonds. The number of anilines is 1. The van der Waals surface area contributed by atoms with E-state index in [-0.39, 0.29) is 11.7 Å². The van der Waals surface area contributed by atoms with Crippen molar-refractivity contribution in [3.8, 4) is 5.75 Å². The van der Waals surface area contributed by atoms with E-state index >= 15 is 0 Å². The Labute approximate surface area is 184 Å². The Morgan fingerprint density at radius 1 is 1.32 bits per heavy atom. The number of rotatable bonds is 5. The normalized spacial score (nSPS) is 12.8. The highest BCUT2D eigenvalue weighted by atomic mass is 79.9. The van der Waals surface area contributed by atoms with Gasteiger partial charge in [0.2, 0.25) is 0 Å². The summed E-state index contributed by atoms with van der Waals surface area (Å²) in [5, 5.41) is 6.50. The van der Waals surface area contributed by atoms with Crippen molar-refractivity contribution in [3.63, 3.8) is 0 Å². The molecule has 0 fully saturated rings. The number of carbonyl (C=O) groups is 2. The van der Waals surface area contributed by atoms with E-state index in [1.165, 1.54) is 11.3 Å². The van der Waals surface area contributed by atoms with Crippen LogP contribution < -0.4 is 21.1 Å². The Balaban J connectivity index is 1.60. The molecule has 6 nitrogen and oxygen atoms in total. The van der Waals surface area contributed by atoms with Gasteiger partial charge < -0.3 is 15.8 Å². The maximum atomic E-state index is 12.1. The first kappa shape index (κ1) is 21.0. The number of aryl methyl sites for hydroxylation is 1. The van der Waals surface area contributed by atoms with Gasteiger partial charge in [-0.1, -0.05) is 27.5 Å². The standard InChI is InChI=1S/C18H17BrClN3O3S2/c19-9-5-6-12(11(20)7-9)26-8-14(24)22-18(27)23-17-15(16(21)25)10-3-1-2-4-13(10)28-17/h5-7H,1-4,8H2,(H2,21,25)(H2,22,23,24,27). The molecule has 0 radical (unpaired) electrons. The Kier molecular flexibility index (Phi) is 6.92. The highest BCUT2D eigenvalue weighted by molar-refractivity contribution is 9.10. The number of nitrogens with two attached hydrogens (primary N) is 1. The van der Waals surface area contributed by atoms with Crippen molar-refractivity contribution in [2.45, 2.75) is 25.7 Å². The Morgan fingerprint density at radius 3 is 2.79 bits per heavy atom. The number of fused-ring (bicyclic) bond motifs is 1. The third-order valence-electron chi connectivity index (χ3n) is 4.15. The summed E-state index contributed by atoms with van der Waals surface area (Å²) >= 11 is 16.0. The van der Waals surface area contributed by atoms with Gasteiger partial charge in [-0.25, -0.2) is 0 Å². The van der Waals surface area contributed by atoms with Crippen LogP contribution in [0.15, 0.2) is 22.7 Å². The number of thiophene rings is 1. The lowest BCUT2D eigenvalue weighted by Gasteiger charge is -2.12. The summed E-state index contributed by atoms with van der Waals surface area (Å²) in [6.45, 7) is -0.257. The molecule has 28 heavy (non-hydrogen) atoms. The summed E-state index contributed by atoms with van der Waals surface area (Å²) in [5.41, 5.74) is 7.02. The predicted molar refractivity (Wildman–Crippen MR) is 118 cm³/mol. The molecule has 1 heterocycles. The van der Waals surface area contributed by atoms with Crippen molar-refractivity contribution in [3.05, 3.63) is 43.7 Å². The van der Waals surface area contributed by atoms with Crippen LogP contribution in [-0.2, 0) is 17.6 Å². The minimum absolute atomic E-state index is 0.0802. The number of halogens is 2. The third-order valence-corrected chi connectivity index (χ3v) is 6.35. The van der Waals surface area contributed by atoms with Crippen molar-refractivity contribution in [1.29, 1.82) is 0 Å². The van der Waals surface area contributed by atoms with E-state index in [1.807, 2.05) is 0 Å². The van der Waals surface area contributed by atoms with Crippen LogP contribution in [0, 0.1) is 0 Å². The summed E-state index contributed by atoms with van der Waals surface area (Å²) in [6.07, 6.45) is 3.86. The van der Waals surface area contributed by atoms with E-state index in [9.17, 15) is 9.59 Å². The predicted octanol–water partition coefficient (Wildman–Crippen LogP) is 4.03. The van der Waals surface area contributed by atoms with Crippen LogP contribution >= 0.6 is 51.1 Å². The fraction of sp³-hybridized carbons (Fsp3) is 0.278. The maximum absolute atomic E-state index is 12.1. The van der Waals surface area contributed by atoms with E-state index in [1.54, 1.807) is 18.2 Å². The van der Waals surface area contributed by atoms with Gasteiger partial charge >= 0.3 is 0 Å². The molecule has 0 saturated heterocycles. The first-order valence-corrected chi connectivity index (χ1v) is 10.9. The van der Waals surface area contributed by atoms with Crippen LogP contribution in [0.2, 0.25) is 5.02 Å². The highest BCUT2D eigenvalue weighted by Gasteiger charge is 2.24. The number of amides is 2. The number of benzene rings is 1. The van der Waals surface area contributed by atoms with Crippen LogP contribution in [0.3, 0.4) is 0 Å². The molecular weight excluding hydrogens is 486 g/mol. The summed E-state index contributed by atoms with van der Waals surface area (Å²) in [6, 6.07) is 5.09. The lowest BCUT2D eigenvalue weighted by molar-refractivity contribution is -0.121. The van der Waals surface area contributed by atoms with Crippen molar-refractivity contribution in [1.82, 2.24) is 5.32 Å². The van der Waals surface area contributed by atoms with Crippen molar-refractivity contribution in [2.75, 3.05) is 11.9 Å². The number of ether oxygens (including phenoxy) is 1. The maximum Gasteiger partial charge on any atom is 0.264 e. The molecule has 0 bridgehead atoms. The van der Waals surface area contributed by atoms with Crippen LogP contribution in [-0.4, -0.2) is 23.5 Å². The van der Waals surface area contributed by atoms with Crippen molar-refractivity contribution in [2.24, 2.45) is 5.73 Å². The molecule has 2 aromatic rings. The molecule has 0 atom stereocenters. The minimum Gasteiger partial charge on any atom is -0.482 e. The van der Waals surface area contributed by atoms with Crippen LogP contribution in [0.25, 0.3) is 0 Å². The molecule has 0 aliphatic heterocycles. The molecule has 148 valence electrons. The monoisotopic (exact) mass is 501 g/mol. The first-order valence-electron chi connectivity index (χ1n) is 8.48. The minimum atomic E-state index is -0.496. The fourth-order valence-electron chi connectivity index (χ4n) is 2.95. The van der Waals surface area contributed by atoms with Crippen LogP contribution in [0.5, 0.6) is 5.75 Å². The number of nitrogens with one attached hydrogen (secondary N) is 2. The van der Waals surface area contributed by atoms with E-state index < -0.39 is 11.8 Å². The summed E-state index contributed by atoms with van der Waals surface area (Å²) in [7, 11) is 0. The number of hydrogen-bond donors (Lipinski definition) is 3. The van der Waals surface area contributed by atoms with Gasteiger partial charge in [-0.2, -0.15) is 0 Å². The van der Waals surface area contributed by atoms with Gasteiger partial charge in [0.15, 0.2) is 11.7 Å². The topological polar surface area (TPSA) is 93.5 Å². The Bertz CT molecular complexity index is 948. The van der Waals surface area contributed by atoms with Gasteiger partial charge in [0.25, 0.3) is 11.8 Å². The Hall–Kier alpha value is -1.68. The highest BCUT2D eigenvalue weighted by Crippen LogP contribution is 2.37. The average Bonchev–Trinajstić information content (AvgIpc) is 2.98. The van der Waals surface area contributed by atoms with E-state index in [0.717, 1.165) is 40.6 Å². The number of primary amides is 1. The number of hydrogen-bond acceptors (Lipinski definition) is 5. The second-order valence-corrected chi connectivity index (χ2v) is 8.98. The molecule has 1 aliphatic carbocycles. The fourth-order valence-corrected chi connectivity index (χ4v) is 5.25. The van der Waals surface area contributed by atoms with Gasteiger partial charge in [-0.3, -0.25) is 14.9 Å². The van der Waals surface area contributed by atoms with Gasteiger partial charge in [0.1, 0.15) is 10.8 Å². The third kappa shape index (κ3) is 5.02. The SMILES string of the molecule is NC(=O)c1c(NC(=S)NC(=O)COc2ccc(Br)cc2Cl)sc2c1CCCC2. The van der Waals surface area contributed by atoms with Gasteiger partial charge in [0, 0.05) is 9.35 Å². The second kappa shape index (κ2) is 9.21. The number of carbonyl (C=O) groups excluding carboxylic acids is 2. The van der Waals surface area contributed by atoms with Gasteiger partial charge in [0.05, 0.1) is 10.6 Å². The lowest BCUT2D eigenvalue weighted by atomic mass is 9.95. The van der Waals surface area contributed by atoms with Gasteiger partial charge in [-0.05, 0) is 61.7 Å². The van der Waals surface area contributed by atoms with E-state index in [0.29, 0.717) is 21.3 Å². The quantitative estimate of drug-likeness (QED) is 0.537. The molecular formula is C18H17BrClN3O3S2. The molecule has 0 unspecified atom stereocenters. The Morgan fingerprint density at radius 2 is 2.07 bits per heavy atom. The van der Waals surface area contributed by atoms with Crippen LogP contribution in [0.1, 0.15) is 33.6 Å². The molecule has 4 N–H and O–H groups in total. The molecule has 0 saturated carbocycles. The zero-order valence-electron chi connectivity index (χ0n) is 14.6. The summed E-state index contributed by atoms with van der Waals surface area (Å²) in [4.78, 5) is 25.1. The zero-order chi connectivity index (χ0) is 20.3. The molecule has 0 spiro atoms. The second-order valence-electron chi connectivity index (χ2n) is 6.14. The summed E-state index contributed by atoms with van der Waals surface area (Å²) < 4.78 is 6.22. The van der Waals surface area contributed by atoms with Crippen molar-refractivity contribution >= 4 is 73.0 Å². The average molecular weight is 503 g/mol. The molecule has 10 heteroatoms. The molecule has 1 aromatic heterocycles. The largest absolute Gasteiger partial charge is 0.482 e. The molecule has 3 rings (SSSR count). The smallest absolute Gasteiger partial charge is 0.264 e. The first-order chi connectivity index (χ1) is 13.3. The lowest BCUT2D eigenvalue weighted by Crippen LogP contribution is -2.37. The zero-order valence-corrected chi connectivity index (χ0v) is 18.6. The van der Waals surface area contributed by atoms with Crippen LogP contribution in [0.4, 0.5) is 5.00 Å². The van der Waals surface area contributed by atoms with Crippen molar-refractivity contribution < 1.29 is 14.3 Å². The molecule has 1 aliphatic rings. The number of thiocarbonyl (C=S) groups is 1. The van der Waals surface area contributed by atoms with E-state index in [2.05, 4.69) is 26.6 Å². The summed E-state index contributed by atoms with van der Waals surface area (Å²) in [5.74, 6) is -0.552.